The highest BCUT2D eigenvalue weighted by molar-refractivity contribution is 5.82. The fourth-order valence-electron chi connectivity index (χ4n) is 1.92. The summed E-state index contributed by atoms with van der Waals surface area (Å²) in [5, 5.41) is 14.8. The molecule has 2 rings (SSSR count). The van der Waals surface area contributed by atoms with Crippen LogP contribution in [-0.4, -0.2) is 64.2 Å². The monoisotopic (exact) mass is 267 g/mol. The SMILES string of the molecule is O=C(O)C(Cc1cnc[nH]1)NC(=O)N1CCNCC1. The quantitative estimate of drug-likeness (QED) is 0.560. The van der Waals surface area contributed by atoms with Gasteiger partial charge in [0.2, 0.25) is 0 Å². The summed E-state index contributed by atoms with van der Waals surface area (Å²) >= 11 is 0. The van der Waals surface area contributed by atoms with E-state index >= 15 is 0 Å². The van der Waals surface area contributed by atoms with E-state index in [0.29, 0.717) is 18.8 Å². The number of H-pyrrole nitrogens is 1. The molecule has 8 heteroatoms. The van der Waals surface area contributed by atoms with E-state index in [1.165, 1.54) is 6.33 Å². The summed E-state index contributed by atoms with van der Waals surface area (Å²) in [6.07, 6.45) is 3.21. The van der Waals surface area contributed by atoms with E-state index in [2.05, 4.69) is 20.6 Å². The van der Waals surface area contributed by atoms with Gasteiger partial charge in [-0.3, -0.25) is 0 Å². The number of aromatic amines is 1. The van der Waals surface area contributed by atoms with E-state index in [4.69, 9.17) is 5.11 Å². The molecule has 4 N–H and O–H groups in total. The predicted molar refractivity (Wildman–Crippen MR) is 66.7 cm³/mol. The van der Waals surface area contributed by atoms with Gasteiger partial charge in [-0.25, -0.2) is 14.6 Å². The zero-order chi connectivity index (χ0) is 13.7. The summed E-state index contributed by atoms with van der Waals surface area (Å²) in [5.41, 5.74) is 0.674. The maximum atomic E-state index is 11.9. The van der Waals surface area contributed by atoms with Crippen LogP contribution in [0.15, 0.2) is 12.5 Å². The molecule has 1 aliphatic rings. The average Bonchev–Trinajstić information content (AvgIpc) is 2.91. The average molecular weight is 267 g/mol. The maximum absolute atomic E-state index is 11.9. The molecule has 1 aromatic heterocycles. The minimum atomic E-state index is -1.06. The Morgan fingerprint density at radius 1 is 1.47 bits per heavy atom. The molecule has 0 aliphatic carbocycles. The number of hydrogen-bond donors (Lipinski definition) is 4. The van der Waals surface area contributed by atoms with Crippen molar-refractivity contribution in [2.24, 2.45) is 0 Å². The van der Waals surface area contributed by atoms with Crippen LogP contribution >= 0.6 is 0 Å². The van der Waals surface area contributed by atoms with Crippen LogP contribution in [0.2, 0.25) is 0 Å². The van der Waals surface area contributed by atoms with Gasteiger partial charge < -0.3 is 25.6 Å². The first-order valence-corrected chi connectivity index (χ1v) is 6.13. The molecule has 1 aliphatic heterocycles. The first-order chi connectivity index (χ1) is 9.16. The zero-order valence-electron chi connectivity index (χ0n) is 10.4. The van der Waals surface area contributed by atoms with Gasteiger partial charge in [0.1, 0.15) is 6.04 Å². The summed E-state index contributed by atoms with van der Waals surface area (Å²) < 4.78 is 0. The lowest BCUT2D eigenvalue weighted by Gasteiger charge is -2.28. The van der Waals surface area contributed by atoms with Gasteiger partial charge in [-0.1, -0.05) is 0 Å². The van der Waals surface area contributed by atoms with E-state index in [0.717, 1.165) is 13.1 Å². The minimum absolute atomic E-state index is 0.188. The van der Waals surface area contributed by atoms with E-state index in [1.807, 2.05) is 0 Å². The van der Waals surface area contributed by atoms with Crippen LogP contribution in [0.5, 0.6) is 0 Å². The van der Waals surface area contributed by atoms with Crippen LogP contribution in [0.3, 0.4) is 0 Å². The molecule has 0 saturated carbocycles. The summed E-state index contributed by atoms with van der Waals surface area (Å²) in [7, 11) is 0. The molecule has 1 fully saturated rings. The number of hydrogen-bond acceptors (Lipinski definition) is 4. The van der Waals surface area contributed by atoms with Gasteiger partial charge in [0.25, 0.3) is 0 Å². The summed E-state index contributed by atoms with van der Waals surface area (Å²) in [5.74, 6) is -1.06. The van der Waals surface area contributed by atoms with Crippen molar-refractivity contribution in [2.75, 3.05) is 26.2 Å². The van der Waals surface area contributed by atoms with Gasteiger partial charge in [-0.2, -0.15) is 0 Å². The number of carboxylic acids is 1. The number of amides is 2. The van der Waals surface area contributed by atoms with Gasteiger partial charge in [0.05, 0.1) is 6.33 Å². The normalized spacial score (nSPS) is 16.9. The van der Waals surface area contributed by atoms with Gasteiger partial charge >= 0.3 is 12.0 Å². The summed E-state index contributed by atoms with van der Waals surface area (Å²) in [4.78, 5) is 31.4. The first kappa shape index (κ1) is 13.3. The number of piperazine rings is 1. The standard InChI is InChI=1S/C11H17N5O3/c17-10(18)9(5-8-6-13-7-14-8)15-11(19)16-3-1-12-2-4-16/h6-7,9,12H,1-5H2,(H,13,14)(H,15,19)(H,17,18). The second-order valence-electron chi connectivity index (χ2n) is 4.36. The Balaban J connectivity index is 1.92. The molecular weight excluding hydrogens is 250 g/mol. The molecule has 1 aromatic rings. The van der Waals surface area contributed by atoms with Crippen LogP contribution in [0.1, 0.15) is 5.69 Å². The third kappa shape index (κ3) is 3.68. The zero-order valence-corrected chi connectivity index (χ0v) is 10.4. The van der Waals surface area contributed by atoms with Gasteiger partial charge in [0, 0.05) is 44.5 Å². The molecule has 8 nitrogen and oxygen atoms in total. The Bertz CT molecular complexity index is 428. The lowest BCUT2D eigenvalue weighted by Crippen LogP contribution is -2.54. The molecule has 104 valence electrons. The lowest BCUT2D eigenvalue weighted by molar-refractivity contribution is -0.139. The van der Waals surface area contributed by atoms with Crippen molar-refractivity contribution in [3.8, 4) is 0 Å². The number of nitrogens with one attached hydrogen (secondary N) is 3. The number of carbonyl (C=O) groups is 2. The number of aliphatic carboxylic acids is 1. The van der Waals surface area contributed by atoms with Crippen molar-refractivity contribution in [3.63, 3.8) is 0 Å². The van der Waals surface area contributed by atoms with Crippen LogP contribution < -0.4 is 10.6 Å². The van der Waals surface area contributed by atoms with E-state index in [1.54, 1.807) is 11.1 Å². The highest BCUT2D eigenvalue weighted by atomic mass is 16.4. The number of urea groups is 1. The van der Waals surface area contributed by atoms with Crippen LogP contribution in [0.25, 0.3) is 0 Å². The van der Waals surface area contributed by atoms with Crippen molar-refractivity contribution >= 4 is 12.0 Å². The molecule has 2 heterocycles. The fraction of sp³-hybridized carbons (Fsp3) is 0.545. The van der Waals surface area contributed by atoms with Crippen molar-refractivity contribution in [2.45, 2.75) is 12.5 Å². The first-order valence-electron chi connectivity index (χ1n) is 6.13. The molecule has 0 radical (unpaired) electrons. The van der Waals surface area contributed by atoms with Crippen LogP contribution in [0.4, 0.5) is 4.79 Å². The smallest absolute Gasteiger partial charge is 0.326 e. The van der Waals surface area contributed by atoms with Crippen molar-refractivity contribution in [1.82, 2.24) is 25.5 Å². The Morgan fingerprint density at radius 2 is 2.21 bits per heavy atom. The highest BCUT2D eigenvalue weighted by Gasteiger charge is 2.24. The summed E-state index contributed by atoms with van der Waals surface area (Å²) in [6, 6.07) is -1.30. The number of imidazole rings is 1. The number of aromatic nitrogens is 2. The third-order valence-electron chi connectivity index (χ3n) is 2.98. The van der Waals surface area contributed by atoms with E-state index < -0.39 is 12.0 Å². The Morgan fingerprint density at radius 3 is 2.79 bits per heavy atom. The van der Waals surface area contributed by atoms with Crippen LogP contribution in [0, 0.1) is 0 Å². The highest BCUT2D eigenvalue weighted by Crippen LogP contribution is 2.01. The predicted octanol–water partition coefficient (Wildman–Crippen LogP) is -0.980. The van der Waals surface area contributed by atoms with Crippen LogP contribution in [-0.2, 0) is 11.2 Å². The van der Waals surface area contributed by atoms with E-state index in [-0.39, 0.29) is 12.5 Å². The van der Waals surface area contributed by atoms with Crippen molar-refractivity contribution < 1.29 is 14.7 Å². The van der Waals surface area contributed by atoms with E-state index in [9.17, 15) is 9.59 Å². The molecule has 0 aromatic carbocycles. The van der Waals surface area contributed by atoms with Gasteiger partial charge in [-0.05, 0) is 0 Å². The number of nitrogens with zero attached hydrogens (tertiary/aromatic N) is 2. The van der Waals surface area contributed by atoms with Crippen molar-refractivity contribution in [3.05, 3.63) is 18.2 Å². The second-order valence-corrected chi connectivity index (χ2v) is 4.36. The molecule has 1 unspecified atom stereocenters. The Labute approximate surface area is 110 Å². The van der Waals surface area contributed by atoms with Crippen molar-refractivity contribution in [1.29, 1.82) is 0 Å². The molecule has 19 heavy (non-hydrogen) atoms. The second kappa shape index (κ2) is 6.19. The fourth-order valence-corrected chi connectivity index (χ4v) is 1.92. The molecule has 1 atom stereocenters. The molecule has 0 spiro atoms. The molecule has 2 amide bonds. The minimum Gasteiger partial charge on any atom is -0.480 e. The lowest BCUT2D eigenvalue weighted by atomic mass is 10.1. The molecular formula is C11H17N5O3. The van der Waals surface area contributed by atoms with Gasteiger partial charge in [0.15, 0.2) is 0 Å². The summed E-state index contributed by atoms with van der Waals surface area (Å²) in [6.45, 7) is 2.63. The third-order valence-corrected chi connectivity index (χ3v) is 2.98. The molecule has 0 bridgehead atoms. The number of carboxylic acid groups (broad SMARTS) is 1. The number of carbonyl (C=O) groups excluding carboxylic acids is 1. The van der Waals surface area contributed by atoms with Gasteiger partial charge in [-0.15, -0.1) is 0 Å². The maximum Gasteiger partial charge on any atom is 0.326 e. The largest absolute Gasteiger partial charge is 0.480 e. The topological polar surface area (TPSA) is 110 Å². The Hall–Kier alpha value is -2.09. The molecule has 1 saturated heterocycles. The Kier molecular flexibility index (Phi) is 4.35. The number of rotatable bonds is 4.